The van der Waals surface area contributed by atoms with Gasteiger partial charge in [-0.15, -0.1) is 0 Å². The van der Waals surface area contributed by atoms with Crippen LogP contribution in [0.25, 0.3) is 0 Å². The molecule has 28 heavy (non-hydrogen) atoms. The van der Waals surface area contributed by atoms with Crippen molar-refractivity contribution in [2.75, 3.05) is 14.1 Å². The first-order valence-electron chi connectivity index (χ1n) is 10.0. The fraction of sp³-hybridized carbons (Fsp3) is 0.542. The second kappa shape index (κ2) is 8.12. The van der Waals surface area contributed by atoms with Crippen LogP contribution in [0, 0.1) is 0 Å². The number of hydrogen-bond donors (Lipinski definition) is 2. The van der Waals surface area contributed by atoms with Crippen molar-refractivity contribution in [2.45, 2.75) is 71.8 Å². The molecule has 0 bridgehead atoms. The summed E-state index contributed by atoms with van der Waals surface area (Å²) in [5, 5.41) is 10.9. The lowest BCUT2D eigenvalue weighted by Crippen LogP contribution is -2.18. The van der Waals surface area contributed by atoms with Crippen LogP contribution in [0.5, 0.6) is 5.75 Å². The average molecular weight is 385 g/mol. The lowest BCUT2D eigenvalue weighted by molar-refractivity contribution is 0.0977. The van der Waals surface area contributed by atoms with Gasteiger partial charge in [0.15, 0.2) is 5.78 Å². The van der Waals surface area contributed by atoms with Crippen LogP contribution in [-0.4, -0.2) is 34.9 Å². The predicted molar refractivity (Wildman–Crippen MR) is 116 cm³/mol. The Balaban J connectivity index is 2.29. The topological polar surface area (TPSA) is 56.3 Å². The highest BCUT2D eigenvalue weighted by Gasteiger charge is 2.26. The van der Waals surface area contributed by atoms with Gasteiger partial charge in [0.05, 0.1) is 5.69 Å². The number of nitrogens with one attached hydrogen (secondary N) is 1. The summed E-state index contributed by atoms with van der Waals surface area (Å²) in [4.78, 5) is 18.0. The number of hydrogen-bond acceptors (Lipinski definition) is 3. The van der Waals surface area contributed by atoms with Gasteiger partial charge in [0.25, 0.3) is 0 Å². The molecule has 2 aromatic rings. The molecule has 0 spiro atoms. The van der Waals surface area contributed by atoms with Gasteiger partial charge in [-0.05, 0) is 59.7 Å². The van der Waals surface area contributed by atoms with Crippen LogP contribution in [0.3, 0.4) is 0 Å². The Morgan fingerprint density at radius 2 is 1.57 bits per heavy atom. The minimum Gasteiger partial charge on any atom is -0.507 e. The molecule has 1 aromatic carbocycles. The van der Waals surface area contributed by atoms with E-state index in [9.17, 15) is 9.90 Å². The summed E-state index contributed by atoms with van der Waals surface area (Å²) in [6.07, 6.45) is 2.94. The van der Waals surface area contributed by atoms with E-state index in [1.165, 1.54) is 0 Å². The summed E-state index contributed by atoms with van der Waals surface area (Å²) in [5.74, 6) is 0.511. The molecule has 2 rings (SSSR count). The molecule has 0 atom stereocenters. The number of aryl methyl sites for hydroxylation is 1. The molecule has 0 radical (unpaired) electrons. The van der Waals surface area contributed by atoms with Crippen molar-refractivity contribution in [3.8, 4) is 5.75 Å². The molecule has 0 aliphatic carbocycles. The van der Waals surface area contributed by atoms with Crippen molar-refractivity contribution in [1.29, 1.82) is 0 Å². The van der Waals surface area contributed by atoms with Gasteiger partial charge in [-0.3, -0.25) is 4.79 Å². The molecular formula is C24H36N2O2. The Labute approximate surface area is 170 Å². The monoisotopic (exact) mass is 384 g/mol. The number of phenols is 1. The number of aromatic amines is 1. The number of benzene rings is 1. The highest BCUT2D eigenvalue weighted by Crippen LogP contribution is 2.40. The Morgan fingerprint density at radius 1 is 1.04 bits per heavy atom. The zero-order valence-corrected chi connectivity index (χ0v) is 18.7. The maximum absolute atomic E-state index is 12.8. The molecule has 0 unspecified atom stereocenters. The molecule has 0 amide bonds. The summed E-state index contributed by atoms with van der Waals surface area (Å²) < 4.78 is 0. The van der Waals surface area contributed by atoms with Gasteiger partial charge in [0, 0.05) is 19.2 Å². The van der Waals surface area contributed by atoms with E-state index >= 15 is 0 Å². The average Bonchev–Trinajstić information content (AvgIpc) is 2.98. The molecule has 4 heteroatoms. The van der Waals surface area contributed by atoms with Crippen molar-refractivity contribution in [3.05, 3.63) is 52.3 Å². The molecule has 0 fully saturated rings. The van der Waals surface area contributed by atoms with Crippen molar-refractivity contribution < 1.29 is 9.90 Å². The Hall–Kier alpha value is -2.07. The van der Waals surface area contributed by atoms with Crippen molar-refractivity contribution in [1.82, 2.24) is 9.88 Å². The molecule has 154 valence electrons. The maximum atomic E-state index is 12.8. The lowest BCUT2D eigenvalue weighted by Gasteiger charge is -2.28. The molecule has 2 N–H and O–H groups in total. The van der Waals surface area contributed by atoms with Crippen molar-refractivity contribution in [2.24, 2.45) is 0 Å². The SMILES string of the molecule is CN(C)Cc1cc[nH]c1C(=O)CCc1cc(C(C)(C)C)c(O)c(C(C)(C)C)c1. The van der Waals surface area contributed by atoms with E-state index in [0.29, 0.717) is 24.3 Å². The third kappa shape index (κ3) is 5.26. The third-order valence-corrected chi connectivity index (χ3v) is 5.03. The number of carbonyl (C=O) groups excluding carboxylic acids is 1. The van der Waals surface area contributed by atoms with Gasteiger partial charge < -0.3 is 15.0 Å². The number of aromatic hydroxyl groups is 1. The van der Waals surface area contributed by atoms with Crippen LogP contribution >= 0.6 is 0 Å². The van der Waals surface area contributed by atoms with E-state index in [0.717, 1.165) is 28.8 Å². The van der Waals surface area contributed by atoms with Gasteiger partial charge in [0.2, 0.25) is 0 Å². The van der Waals surface area contributed by atoms with Crippen LogP contribution in [0.2, 0.25) is 0 Å². The summed E-state index contributed by atoms with van der Waals surface area (Å²) in [5.41, 5.74) is 4.39. The number of carbonyl (C=O) groups is 1. The van der Waals surface area contributed by atoms with Crippen LogP contribution < -0.4 is 0 Å². The molecule has 0 saturated heterocycles. The summed E-state index contributed by atoms with van der Waals surface area (Å²) in [6, 6.07) is 6.10. The van der Waals surface area contributed by atoms with E-state index in [-0.39, 0.29) is 16.6 Å². The van der Waals surface area contributed by atoms with E-state index in [1.807, 2.05) is 26.4 Å². The standard InChI is InChI=1S/C24H36N2O2/c1-23(2,3)18-13-16(14-19(22(18)28)24(4,5)6)9-10-20(27)21-17(11-12-25-21)15-26(7)8/h11-14,25,28H,9-10,15H2,1-8H3. The molecule has 4 nitrogen and oxygen atoms in total. The first-order valence-corrected chi connectivity index (χ1v) is 10.0. The normalized spacial score (nSPS) is 12.6. The number of aromatic nitrogens is 1. The highest BCUT2D eigenvalue weighted by molar-refractivity contribution is 5.95. The summed E-state index contributed by atoms with van der Waals surface area (Å²) in [7, 11) is 4.00. The number of ketones is 1. The third-order valence-electron chi connectivity index (χ3n) is 5.03. The maximum Gasteiger partial charge on any atom is 0.179 e. The van der Waals surface area contributed by atoms with Gasteiger partial charge in [0.1, 0.15) is 5.75 Å². The van der Waals surface area contributed by atoms with Crippen molar-refractivity contribution in [3.63, 3.8) is 0 Å². The van der Waals surface area contributed by atoms with Crippen molar-refractivity contribution >= 4 is 5.78 Å². The fourth-order valence-electron chi connectivity index (χ4n) is 3.50. The molecular weight excluding hydrogens is 348 g/mol. The largest absolute Gasteiger partial charge is 0.507 e. The molecule has 0 saturated carbocycles. The van der Waals surface area contributed by atoms with Crippen LogP contribution in [0.15, 0.2) is 24.4 Å². The highest BCUT2D eigenvalue weighted by atomic mass is 16.3. The smallest absolute Gasteiger partial charge is 0.179 e. The number of rotatable bonds is 6. The second-order valence-corrected chi connectivity index (χ2v) is 10.1. The molecule has 1 heterocycles. The van der Waals surface area contributed by atoms with E-state index < -0.39 is 0 Å². The quantitative estimate of drug-likeness (QED) is 0.674. The first kappa shape index (κ1) is 22.2. The lowest BCUT2D eigenvalue weighted by atomic mass is 9.78. The van der Waals surface area contributed by atoms with Crippen LogP contribution in [-0.2, 0) is 23.8 Å². The summed E-state index contributed by atoms with van der Waals surface area (Å²) in [6.45, 7) is 13.4. The van der Waals surface area contributed by atoms with Gasteiger partial charge in [-0.25, -0.2) is 0 Å². The van der Waals surface area contributed by atoms with E-state index in [1.54, 1.807) is 0 Å². The predicted octanol–water partition coefficient (Wildman–Crippen LogP) is 5.19. The Kier molecular flexibility index (Phi) is 6.44. The summed E-state index contributed by atoms with van der Waals surface area (Å²) >= 11 is 0. The first-order chi connectivity index (χ1) is 12.8. The second-order valence-electron chi connectivity index (χ2n) is 10.1. The van der Waals surface area contributed by atoms with E-state index in [4.69, 9.17) is 0 Å². The number of H-pyrrole nitrogens is 1. The molecule has 0 aliphatic heterocycles. The van der Waals surface area contributed by atoms with Gasteiger partial charge in [-0.2, -0.15) is 0 Å². The van der Waals surface area contributed by atoms with Crippen LogP contribution in [0.1, 0.15) is 80.7 Å². The Morgan fingerprint density at radius 3 is 2.04 bits per heavy atom. The zero-order valence-electron chi connectivity index (χ0n) is 18.7. The number of Topliss-reactive ketones (excluding diaryl/α,β-unsaturated/α-hetero) is 1. The van der Waals surface area contributed by atoms with Gasteiger partial charge >= 0.3 is 0 Å². The minimum absolute atomic E-state index is 0.129. The molecule has 0 aliphatic rings. The van der Waals surface area contributed by atoms with E-state index in [2.05, 4.69) is 63.6 Å². The fourth-order valence-corrected chi connectivity index (χ4v) is 3.50. The molecule has 1 aromatic heterocycles. The number of phenolic OH excluding ortho intramolecular Hbond substituents is 1. The zero-order chi connectivity index (χ0) is 21.3. The minimum atomic E-state index is -0.164. The van der Waals surface area contributed by atoms with Crippen LogP contribution in [0.4, 0.5) is 0 Å². The number of nitrogens with zero attached hydrogens (tertiary/aromatic N) is 1. The van der Waals surface area contributed by atoms with Gasteiger partial charge in [-0.1, -0.05) is 53.7 Å². The Bertz CT molecular complexity index is 798.